The lowest BCUT2D eigenvalue weighted by Gasteiger charge is -2.15. The third-order valence-corrected chi connectivity index (χ3v) is 4.78. The minimum atomic E-state index is -3.58. The van der Waals surface area contributed by atoms with Crippen molar-refractivity contribution in [3.05, 3.63) is 28.8 Å². The summed E-state index contributed by atoms with van der Waals surface area (Å²) in [5.41, 5.74) is 0.640. The highest BCUT2D eigenvalue weighted by atomic mass is 35.5. The summed E-state index contributed by atoms with van der Waals surface area (Å²) in [6.45, 7) is 5.70. The molecule has 1 aromatic carbocycles. The Morgan fingerprint density at radius 2 is 2.00 bits per heavy atom. The van der Waals surface area contributed by atoms with Gasteiger partial charge in [-0.1, -0.05) is 31.5 Å². The number of hydrogen-bond acceptors (Lipinski definition) is 3. The Labute approximate surface area is 119 Å². The molecule has 1 atom stereocenters. The van der Waals surface area contributed by atoms with E-state index in [0.717, 1.165) is 0 Å². The SMILES string of the molecule is Cc1ccc(Cl)cc1S(=O)(=O)NCCC(O)C(C)C. The van der Waals surface area contributed by atoms with Crippen LogP contribution in [0, 0.1) is 12.8 Å². The second-order valence-corrected chi connectivity index (χ2v) is 7.08. The third kappa shape index (κ3) is 4.76. The molecule has 0 aliphatic carbocycles. The number of sulfonamides is 1. The van der Waals surface area contributed by atoms with Crippen molar-refractivity contribution in [2.75, 3.05) is 6.54 Å². The first kappa shape index (κ1) is 16.4. The maximum atomic E-state index is 12.1. The molecule has 108 valence electrons. The van der Waals surface area contributed by atoms with Crippen molar-refractivity contribution in [3.63, 3.8) is 0 Å². The molecule has 4 nitrogen and oxygen atoms in total. The molecule has 19 heavy (non-hydrogen) atoms. The second-order valence-electron chi connectivity index (χ2n) is 4.91. The van der Waals surface area contributed by atoms with E-state index in [1.54, 1.807) is 19.1 Å². The molecule has 1 rings (SSSR count). The fourth-order valence-corrected chi connectivity index (χ4v) is 3.17. The number of aliphatic hydroxyl groups excluding tert-OH is 1. The van der Waals surface area contributed by atoms with Crippen LogP contribution < -0.4 is 4.72 Å². The number of nitrogens with one attached hydrogen (secondary N) is 1. The largest absolute Gasteiger partial charge is 0.393 e. The summed E-state index contributed by atoms with van der Waals surface area (Å²) >= 11 is 5.82. The maximum absolute atomic E-state index is 12.1. The van der Waals surface area contributed by atoms with Crippen LogP contribution in [-0.2, 0) is 10.0 Å². The van der Waals surface area contributed by atoms with Crippen LogP contribution in [0.3, 0.4) is 0 Å². The summed E-state index contributed by atoms with van der Waals surface area (Å²) in [6.07, 6.45) is -0.126. The number of benzene rings is 1. The van der Waals surface area contributed by atoms with Crippen molar-refractivity contribution < 1.29 is 13.5 Å². The molecule has 0 aromatic heterocycles. The molecule has 0 spiro atoms. The van der Waals surface area contributed by atoms with E-state index in [2.05, 4.69) is 4.72 Å². The second kappa shape index (κ2) is 6.70. The van der Waals surface area contributed by atoms with Crippen molar-refractivity contribution >= 4 is 21.6 Å². The van der Waals surface area contributed by atoms with Crippen LogP contribution in [0.25, 0.3) is 0 Å². The predicted octanol–water partition coefficient (Wildman–Crippen LogP) is 2.33. The normalized spacial score (nSPS) is 13.8. The Hall–Kier alpha value is -0.620. The third-order valence-electron chi connectivity index (χ3n) is 2.94. The molecule has 0 aliphatic heterocycles. The zero-order chi connectivity index (χ0) is 14.6. The number of aliphatic hydroxyl groups is 1. The molecule has 0 amide bonds. The summed E-state index contributed by atoms with van der Waals surface area (Å²) in [5.74, 6) is 0.109. The average molecular weight is 306 g/mol. The molecule has 0 saturated heterocycles. The van der Waals surface area contributed by atoms with Crippen molar-refractivity contribution in [2.45, 2.75) is 38.2 Å². The van der Waals surface area contributed by atoms with E-state index in [1.807, 2.05) is 13.8 Å². The quantitative estimate of drug-likeness (QED) is 0.847. The van der Waals surface area contributed by atoms with Gasteiger partial charge in [0.15, 0.2) is 0 Å². The molecular weight excluding hydrogens is 286 g/mol. The first-order chi connectivity index (χ1) is 8.74. The summed E-state index contributed by atoms with van der Waals surface area (Å²) in [6, 6.07) is 4.75. The van der Waals surface area contributed by atoms with E-state index >= 15 is 0 Å². The van der Waals surface area contributed by atoms with Crippen LogP contribution in [0.5, 0.6) is 0 Å². The zero-order valence-electron chi connectivity index (χ0n) is 11.4. The van der Waals surface area contributed by atoms with Crippen LogP contribution in [-0.4, -0.2) is 26.2 Å². The van der Waals surface area contributed by atoms with Gasteiger partial charge in [0.1, 0.15) is 0 Å². The lowest BCUT2D eigenvalue weighted by molar-refractivity contribution is 0.118. The van der Waals surface area contributed by atoms with Gasteiger partial charge in [0.2, 0.25) is 10.0 Å². The predicted molar refractivity (Wildman–Crippen MR) is 76.8 cm³/mol. The van der Waals surface area contributed by atoms with Gasteiger partial charge in [-0.05, 0) is 37.0 Å². The molecule has 1 aromatic rings. The van der Waals surface area contributed by atoms with E-state index in [9.17, 15) is 13.5 Å². The number of rotatable bonds is 6. The van der Waals surface area contributed by atoms with E-state index in [0.29, 0.717) is 17.0 Å². The van der Waals surface area contributed by atoms with Crippen LogP contribution in [0.2, 0.25) is 5.02 Å². The molecule has 0 bridgehead atoms. The van der Waals surface area contributed by atoms with E-state index in [-0.39, 0.29) is 17.4 Å². The van der Waals surface area contributed by atoms with Crippen LogP contribution >= 0.6 is 11.6 Å². The maximum Gasteiger partial charge on any atom is 0.240 e. The first-order valence-electron chi connectivity index (χ1n) is 6.18. The average Bonchev–Trinajstić information content (AvgIpc) is 2.31. The van der Waals surface area contributed by atoms with Gasteiger partial charge in [-0.25, -0.2) is 13.1 Å². The van der Waals surface area contributed by atoms with E-state index < -0.39 is 16.1 Å². The summed E-state index contributed by atoms with van der Waals surface area (Å²) in [7, 11) is -3.58. The highest BCUT2D eigenvalue weighted by Gasteiger charge is 2.18. The smallest absolute Gasteiger partial charge is 0.240 e. The van der Waals surface area contributed by atoms with Gasteiger partial charge < -0.3 is 5.11 Å². The highest BCUT2D eigenvalue weighted by Crippen LogP contribution is 2.20. The summed E-state index contributed by atoms with van der Waals surface area (Å²) in [5, 5.41) is 10.0. The lowest BCUT2D eigenvalue weighted by atomic mass is 10.1. The van der Waals surface area contributed by atoms with Gasteiger partial charge >= 0.3 is 0 Å². The monoisotopic (exact) mass is 305 g/mol. The minimum absolute atomic E-state index is 0.109. The molecule has 2 N–H and O–H groups in total. The molecule has 6 heteroatoms. The molecule has 1 unspecified atom stereocenters. The molecule has 0 heterocycles. The van der Waals surface area contributed by atoms with Gasteiger partial charge in [-0.2, -0.15) is 0 Å². The number of hydrogen-bond donors (Lipinski definition) is 2. The Kier molecular flexibility index (Phi) is 5.80. The standard InChI is InChI=1S/C13H20ClNO3S/c1-9(2)12(16)6-7-15-19(17,18)13-8-11(14)5-4-10(13)3/h4-5,8-9,12,15-16H,6-7H2,1-3H3. The van der Waals surface area contributed by atoms with E-state index in [1.165, 1.54) is 6.07 Å². The fraction of sp³-hybridized carbons (Fsp3) is 0.538. The molecule has 0 fully saturated rings. The number of halogens is 1. The van der Waals surface area contributed by atoms with Gasteiger partial charge in [0.05, 0.1) is 11.0 Å². The van der Waals surface area contributed by atoms with Crippen LogP contribution in [0.1, 0.15) is 25.8 Å². The van der Waals surface area contributed by atoms with Crippen molar-refractivity contribution in [3.8, 4) is 0 Å². The summed E-state index contributed by atoms with van der Waals surface area (Å²) < 4.78 is 26.7. The van der Waals surface area contributed by atoms with Gasteiger partial charge in [-0.15, -0.1) is 0 Å². The molecule has 0 radical (unpaired) electrons. The summed E-state index contributed by atoms with van der Waals surface area (Å²) in [4.78, 5) is 0.180. The molecular formula is C13H20ClNO3S. The Morgan fingerprint density at radius 1 is 1.37 bits per heavy atom. The van der Waals surface area contributed by atoms with Crippen molar-refractivity contribution in [1.82, 2.24) is 4.72 Å². The minimum Gasteiger partial charge on any atom is -0.393 e. The Bertz CT molecular complexity index is 529. The number of aryl methyl sites for hydroxylation is 1. The first-order valence-corrected chi connectivity index (χ1v) is 8.04. The van der Waals surface area contributed by atoms with Crippen LogP contribution in [0.15, 0.2) is 23.1 Å². The van der Waals surface area contributed by atoms with Gasteiger partial charge in [-0.3, -0.25) is 0 Å². The Balaban J connectivity index is 2.74. The van der Waals surface area contributed by atoms with Gasteiger partial charge in [0, 0.05) is 11.6 Å². The Morgan fingerprint density at radius 3 is 2.58 bits per heavy atom. The van der Waals surface area contributed by atoms with Crippen molar-refractivity contribution in [2.24, 2.45) is 5.92 Å². The fourth-order valence-electron chi connectivity index (χ4n) is 1.62. The lowest BCUT2D eigenvalue weighted by Crippen LogP contribution is -2.29. The van der Waals surface area contributed by atoms with Crippen molar-refractivity contribution in [1.29, 1.82) is 0 Å². The van der Waals surface area contributed by atoms with E-state index in [4.69, 9.17) is 11.6 Å². The van der Waals surface area contributed by atoms with Crippen LogP contribution in [0.4, 0.5) is 0 Å². The molecule has 0 aliphatic rings. The zero-order valence-corrected chi connectivity index (χ0v) is 12.9. The topological polar surface area (TPSA) is 66.4 Å². The highest BCUT2D eigenvalue weighted by molar-refractivity contribution is 7.89. The van der Waals surface area contributed by atoms with Gasteiger partial charge in [0.25, 0.3) is 0 Å². The molecule has 0 saturated carbocycles.